The number of rotatable bonds is 5. The van der Waals surface area contributed by atoms with Crippen molar-refractivity contribution in [3.8, 4) is 5.75 Å². The first-order chi connectivity index (χ1) is 13.1. The Morgan fingerprint density at radius 2 is 1.78 bits per heavy atom. The number of aromatic nitrogens is 2. The SMILES string of the molecule is Cc1cccc(OC(C=CSc2ncccn2)=Nc2ccc(C)c(C)c2)c1. The molecule has 0 amide bonds. The van der Waals surface area contributed by atoms with Crippen LogP contribution in [0.2, 0.25) is 0 Å². The Labute approximate surface area is 164 Å². The van der Waals surface area contributed by atoms with Crippen molar-refractivity contribution in [3.63, 3.8) is 0 Å². The Bertz CT molecular complexity index is 968. The molecule has 0 saturated heterocycles. The summed E-state index contributed by atoms with van der Waals surface area (Å²) in [6.07, 6.45) is 5.27. The first-order valence-electron chi connectivity index (χ1n) is 8.61. The van der Waals surface area contributed by atoms with Crippen LogP contribution in [0.3, 0.4) is 0 Å². The average molecular weight is 375 g/mol. The molecule has 0 aliphatic carbocycles. The van der Waals surface area contributed by atoms with Gasteiger partial charge in [0.05, 0.1) is 5.69 Å². The predicted molar refractivity (Wildman–Crippen MR) is 112 cm³/mol. The van der Waals surface area contributed by atoms with Gasteiger partial charge in [-0.3, -0.25) is 0 Å². The minimum Gasteiger partial charge on any atom is -0.439 e. The van der Waals surface area contributed by atoms with Gasteiger partial charge >= 0.3 is 0 Å². The third kappa shape index (κ3) is 5.79. The van der Waals surface area contributed by atoms with Gasteiger partial charge in [-0.25, -0.2) is 15.0 Å². The van der Waals surface area contributed by atoms with E-state index >= 15 is 0 Å². The lowest BCUT2D eigenvalue weighted by atomic mass is 10.1. The molecule has 27 heavy (non-hydrogen) atoms. The third-order valence-corrected chi connectivity index (χ3v) is 4.56. The summed E-state index contributed by atoms with van der Waals surface area (Å²) in [6.45, 7) is 6.20. The van der Waals surface area contributed by atoms with E-state index in [-0.39, 0.29) is 0 Å². The summed E-state index contributed by atoms with van der Waals surface area (Å²) in [5, 5.41) is 2.56. The first kappa shape index (κ1) is 18.9. The Kier molecular flexibility index (Phi) is 6.39. The Balaban J connectivity index is 1.85. The Morgan fingerprint density at radius 1 is 0.963 bits per heavy atom. The highest BCUT2D eigenvalue weighted by atomic mass is 32.2. The van der Waals surface area contributed by atoms with E-state index in [2.05, 4.69) is 40.9 Å². The molecular weight excluding hydrogens is 354 g/mol. The fourth-order valence-corrected chi connectivity index (χ4v) is 2.87. The minimum atomic E-state index is 0.507. The topological polar surface area (TPSA) is 47.4 Å². The lowest BCUT2D eigenvalue weighted by molar-refractivity contribution is 0.555. The van der Waals surface area contributed by atoms with Gasteiger partial charge in [0.2, 0.25) is 5.90 Å². The molecular formula is C22H21N3OS. The van der Waals surface area contributed by atoms with Crippen molar-refractivity contribution in [2.45, 2.75) is 25.9 Å². The second-order valence-electron chi connectivity index (χ2n) is 6.09. The smallest absolute Gasteiger partial charge is 0.220 e. The monoisotopic (exact) mass is 375 g/mol. The summed E-state index contributed by atoms with van der Waals surface area (Å²) in [6, 6.07) is 15.8. The van der Waals surface area contributed by atoms with Gasteiger partial charge < -0.3 is 4.74 Å². The molecule has 2 aromatic carbocycles. The van der Waals surface area contributed by atoms with Crippen LogP contribution in [0, 0.1) is 20.8 Å². The van der Waals surface area contributed by atoms with Gasteiger partial charge in [-0.15, -0.1) is 0 Å². The molecule has 136 valence electrons. The number of ether oxygens (including phenoxy) is 1. The zero-order chi connectivity index (χ0) is 19.1. The fraction of sp³-hybridized carbons (Fsp3) is 0.136. The molecule has 3 aromatic rings. The van der Waals surface area contributed by atoms with E-state index in [1.165, 1.54) is 22.9 Å². The number of nitrogens with zero attached hydrogens (tertiary/aromatic N) is 3. The third-order valence-electron chi connectivity index (χ3n) is 3.87. The standard InChI is InChI=1S/C22H21N3OS/c1-16-6-4-7-20(14-16)26-21(10-13-27-22-23-11-5-12-24-22)25-19-9-8-17(2)18(3)15-19/h4-15H,1-3H3. The maximum absolute atomic E-state index is 6.02. The van der Waals surface area contributed by atoms with Crippen LogP contribution in [0.15, 0.2) is 82.6 Å². The summed E-state index contributed by atoms with van der Waals surface area (Å²) < 4.78 is 6.02. The predicted octanol–water partition coefficient (Wildman–Crippen LogP) is 5.82. The maximum atomic E-state index is 6.02. The van der Waals surface area contributed by atoms with E-state index in [1.807, 2.05) is 48.7 Å². The van der Waals surface area contributed by atoms with Gasteiger partial charge in [0.1, 0.15) is 5.75 Å². The zero-order valence-electron chi connectivity index (χ0n) is 15.6. The van der Waals surface area contributed by atoms with E-state index in [1.54, 1.807) is 18.5 Å². The highest BCUT2D eigenvalue weighted by Gasteiger charge is 2.03. The average Bonchev–Trinajstić information content (AvgIpc) is 2.65. The van der Waals surface area contributed by atoms with Crippen molar-refractivity contribution in [2.75, 3.05) is 0 Å². The lowest BCUT2D eigenvalue weighted by Gasteiger charge is -2.07. The van der Waals surface area contributed by atoms with E-state index in [0.717, 1.165) is 17.0 Å². The minimum absolute atomic E-state index is 0.507. The molecule has 0 atom stereocenters. The molecule has 0 radical (unpaired) electrons. The van der Waals surface area contributed by atoms with Crippen LogP contribution in [0.25, 0.3) is 0 Å². The van der Waals surface area contributed by atoms with Crippen LogP contribution in [0.4, 0.5) is 5.69 Å². The number of hydrogen-bond donors (Lipinski definition) is 0. The fourth-order valence-electron chi connectivity index (χ4n) is 2.32. The van der Waals surface area contributed by atoms with Crippen molar-refractivity contribution in [1.82, 2.24) is 9.97 Å². The molecule has 3 rings (SSSR count). The van der Waals surface area contributed by atoms with Crippen LogP contribution in [0.1, 0.15) is 16.7 Å². The molecule has 1 aromatic heterocycles. The van der Waals surface area contributed by atoms with Crippen molar-refractivity contribution < 1.29 is 4.74 Å². The van der Waals surface area contributed by atoms with Gasteiger partial charge in [-0.1, -0.05) is 30.0 Å². The first-order valence-corrected chi connectivity index (χ1v) is 9.49. The number of aliphatic imine (C=N–C) groups is 1. The van der Waals surface area contributed by atoms with Gasteiger partial charge in [0.25, 0.3) is 0 Å². The van der Waals surface area contributed by atoms with Crippen molar-refractivity contribution in [2.24, 2.45) is 4.99 Å². The molecule has 0 fully saturated rings. The largest absolute Gasteiger partial charge is 0.439 e. The molecule has 0 spiro atoms. The highest BCUT2D eigenvalue weighted by molar-refractivity contribution is 8.02. The molecule has 5 heteroatoms. The Hall–Kier alpha value is -2.92. The molecule has 0 unspecified atom stereocenters. The van der Waals surface area contributed by atoms with Gasteiger partial charge in [-0.05, 0) is 73.2 Å². The van der Waals surface area contributed by atoms with Crippen molar-refractivity contribution in [1.29, 1.82) is 0 Å². The van der Waals surface area contributed by atoms with Crippen LogP contribution in [-0.4, -0.2) is 15.9 Å². The van der Waals surface area contributed by atoms with E-state index in [4.69, 9.17) is 4.74 Å². The van der Waals surface area contributed by atoms with Crippen LogP contribution in [0.5, 0.6) is 5.75 Å². The van der Waals surface area contributed by atoms with Crippen LogP contribution in [-0.2, 0) is 0 Å². The Morgan fingerprint density at radius 3 is 2.52 bits per heavy atom. The number of hydrogen-bond acceptors (Lipinski definition) is 5. The zero-order valence-corrected chi connectivity index (χ0v) is 16.4. The number of aryl methyl sites for hydroxylation is 3. The second kappa shape index (κ2) is 9.14. The van der Waals surface area contributed by atoms with Gasteiger partial charge in [0, 0.05) is 18.5 Å². The van der Waals surface area contributed by atoms with Gasteiger partial charge in [-0.2, -0.15) is 0 Å². The number of benzene rings is 2. The molecule has 0 aliphatic rings. The van der Waals surface area contributed by atoms with Crippen LogP contribution >= 0.6 is 11.8 Å². The van der Waals surface area contributed by atoms with Crippen molar-refractivity contribution >= 4 is 23.3 Å². The summed E-state index contributed by atoms with van der Waals surface area (Å²) in [5.74, 6) is 1.26. The molecule has 1 heterocycles. The molecule has 0 aliphatic heterocycles. The maximum Gasteiger partial charge on any atom is 0.220 e. The summed E-state index contributed by atoms with van der Waals surface area (Å²) in [7, 11) is 0. The van der Waals surface area contributed by atoms with E-state index in [0.29, 0.717) is 11.1 Å². The summed E-state index contributed by atoms with van der Waals surface area (Å²) >= 11 is 1.42. The summed E-state index contributed by atoms with van der Waals surface area (Å²) in [4.78, 5) is 13.1. The van der Waals surface area contributed by atoms with Gasteiger partial charge in [0.15, 0.2) is 5.16 Å². The molecule has 4 nitrogen and oxygen atoms in total. The number of thioether (sulfide) groups is 1. The quantitative estimate of drug-likeness (QED) is 0.244. The van der Waals surface area contributed by atoms with E-state index in [9.17, 15) is 0 Å². The second-order valence-corrected chi connectivity index (χ2v) is 6.96. The molecule has 0 bridgehead atoms. The van der Waals surface area contributed by atoms with Crippen LogP contribution < -0.4 is 4.74 Å². The molecule has 0 saturated carbocycles. The molecule has 0 N–H and O–H groups in total. The van der Waals surface area contributed by atoms with Crippen molar-refractivity contribution in [3.05, 3.63) is 89.1 Å². The van der Waals surface area contributed by atoms with E-state index < -0.39 is 0 Å². The normalized spacial score (nSPS) is 11.7. The lowest BCUT2D eigenvalue weighted by Crippen LogP contribution is -2.04. The summed E-state index contributed by atoms with van der Waals surface area (Å²) in [5.41, 5.74) is 4.42. The highest BCUT2D eigenvalue weighted by Crippen LogP contribution is 2.20.